The highest BCUT2D eigenvalue weighted by atomic mass is 16.7. The average molecular weight is 201 g/mol. The Morgan fingerprint density at radius 1 is 1.71 bits per heavy atom. The Bertz CT molecular complexity index is 264. The van der Waals surface area contributed by atoms with Crippen molar-refractivity contribution in [3.05, 3.63) is 0 Å². The summed E-state index contributed by atoms with van der Waals surface area (Å²) in [6, 6.07) is 0. The molecule has 0 saturated carbocycles. The van der Waals surface area contributed by atoms with E-state index in [0.717, 1.165) is 0 Å². The number of hydrogen-bond donors (Lipinski definition) is 0. The first-order chi connectivity index (χ1) is 6.56. The molecule has 14 heavy (non-hydrogen) atoms. The lowest BCUT2D eigenvalue weighted by Crippen LogP contribution is -2.49. The van der Waals surface area contributed by atoms with Crippen LogP contribution in [0.25, 0.3) is 0 Å². The summed E-state index contributed by atoms with van der Waals surface area (Å²) < 4.78 is 10.0. The molecule has 0 bridgehead atoms. The van der Waals surface area contributed by atoms with Gasteiger partial charge in [0.1, 0.15) is 0 Å². The molecule has 1 aliphatic heterocycles. The molecule has 0 aliphatic carbocycles. The van der Waals surface area contributed by atoms with Crippen LogP contribution in [0, 0.1) is 0 Å². The Morgan fingerprint density at radius 3 is 2.86 bits per heavy atom. The van der Waals surface area contributed by atoms with Crippen molar-refractivity contribution in [1.82, 2.24) is 0 Å². The molecule has 1 heterocycles. The zero-order chi connectivity index (χ0) is 10.8. The molecule has 0 aromatic heterocycles. The van der Waals surface area contributed by atoms with Crippen molar-refractivity contribution in [3.8, 4) is 0 Å². The van der Waals surface area contributed by atoms with E-state index < -0.39 is 17.7 Å². The molecule has 0 radical (unpaired) electrons. The Balaban J connectivity index is 2.80. The van der Waals surface area contributed by atoms with E-state index in [0.29, 0.717) is 12.3 Å². The van der Waals surface area contributed by atoms with E-state index in [1.165, 1.54) is 7.11 Å². The fraction of sp³-hybridized carbons (Fsp3) is 0.778. The third-order valence-corrected chi connectivity index (χ3v) is 2.18. The third-order valence-electron chi connectivity index (χ3n) is 2.18. The highest BCUT2D eigenvalue weighted by Crippen LogP contribution is 2.27. The van der Waals surface area contributed by atoms with Crippen LogP contribution in [0.5, 0.6) is 0 Å². The molecule has 1 unspecified atom stereocenters. The van der Waals surface area contributed by atoms with Gasteiger partial charge in [-0.25, -0.2) is 4.79 Å². The van der Waals surface area contributed by atoms with Gasteiger partial charge in [0.2, 0.25) is 0 Å². The lowest BCUT2D eigenvalue weighted by Gasteiger charge is -2.25. The first-order valence-electron chi connectivity index (χ1n) is 4.49. The Labute approximate surface area is 83.0 Å². The minimum absolute atomic E-state index is 0.313. The summed E-state index contributed by atoms with van der Waals surface area (Å²) in [6.07, 6.45) is -0.471. The van der Waals surface area contributed by atoms with Gasteiger partial charge in [0, 0.05) is 7.11 Å². The van der Waals surface area contributed by atoms with Gasteiger partial charge in [-0.15, -0.1) is 0 Å². The molecular weight excluding hydrogens is 186 g/mol. The molecule has 0 fully saturated rings. The molecule has 0 aromatic rings. The smallest absolute Gasteiger partial charge is 0.356 e. The standard InChI is InChI=1S/C9H15NO4/c1-5-13-8(11)9(3)7(12-4)6(2)10-14-9/h7H,5H2,1-4H3/t7?,9-/m0/s1. The summed E-state index contributed by atoms with van der Waals surface area (Å²) in [7, 11) is 1.51. The van der Waals surface area contributed by atoms with Crippen LogP contribution in [0.4, 0.5) is 0 Å². The van der Waals surface area contributed by atoms with Gasteiger partial charge in [-0.3, -0.25) is 0 Å². The van der Waals surface area contributed by atoms with Crippen molar-refractivity contribution in [2.45, 2.75) is 32.5 Å². The average Bonchev–Trinajstić information content (AvgIpc) is 2.44. The highest BCUT2D eigenvalue weighted by Gasteiger charge is 2.51. The van der Waals surface area contributed by atoms with Crippen LogP contribution < -0.4 is 0 Å². The number of nitrogens with zero attached hydrogens (tertiary/aromatic N) is 1. The summed E-state index contributed by atoms with van der Waals surface area (Å²) in [5.41, 5.74) is -0.502. The Hall–Kier alpha value is -1.10. The number of carbonyl (C=O) groups is 1. The maximum atomic E-state index is 11.6. The SMILES string of the molecule is CCOC(=O)[C@@]1(C)ON=C(C)C1OC. The molecule has 0 N–H and O–H groups in total. The quantitative estimate of drug-likeness (QED) is 0.631. The monoisotopic (exact) mass is 201 g/mol. The van der Waals surface area contributed by atoms with Crippen LogP contribution in [0.1, 0.15) is 20.8 Å². The van der Waals surface area contributed by atoms with Crippen molar-refractivity contribution in [2.75, 3.05) is 13.7 Å². The zero-order valence-electron chi connectivity index (χ0n) is 8.86. The minimum Gasteiger partial charge on any atom is -0.463 e. The van der Waals surface area contributed by atoms with Crippen molar-refractivity contribution < 1.29 is 19.1 Å². The lowest BCUT2D eigenvalue weighted by molar-refractivity contribution is -0.176. The van der Waals surface area contributed by atoms with E-state index in [9.17, 15) is 4.79 Å². The van der Waals surface area contributed by atoms with Gasteiger partial charge >= 0.3 is 5.97 Å². The largest absolute Gasteiger partial charge is 0.463 e. The number of esters is 1. The van der Waals surface area contributed by atoms with Crippen LogP contribution in [-0.4, -0.2) is 37.1 Å². The highest BCUT2D eigenvalue weighted by molar-refractivity contribution is 5.96. The normalized spacial score (nSPS) is 30.9. The number of rotatable bonds is 3. The fourth-order valence-corrected chi connectivity index (χ4v) is 1.48. The predicted octanol–water partition coefficient (Wildman–Crippen LogP) is 0.729. The fourth-order valence-electron chi connectivity index (χ4n) is 1.48. The molecule has 0 saturated heterocycles. The van der Waals surface area contributed by atoms with Crippen LogP contribution in [-0.2, 0) is 19.1 Å². The van der Waals surface area contributed by atoms with Gasteiger partial charge in [-0.05, 0) is 20.8 Å². The predicted molar refractivity (Wildman–Crippen MR) is 50.0 cm³/mol. The molecule has 5 nitrogen and oxygen atoms in total. The summed E-state index contributed by atoms with van der Waals surface area (Å²) >= 11 is 0. The molecular formula is C9H15NO4. The topological polar surface area (TPSA) is 57.1 Å². The van der Waals surface area contributed by atoms with E-state index in [1.54, 1.807) is 20.8 Å². The lowest BCUT2D eigenvalue weighted by atomic mass is 9.97. The summed E-state index contributed by atoms with van der Waals surface area (Å²) in [4.78, 5) is 16.6. The van der Waals surface area contributed by atoms with E-state index in [-0.39, 0.29) is 0 Å². The first-order valence-corrected chi connectivity index (χ1v) is 4.49. The van der Waals surface area contributed by atoms with Gasteiger partial charge in [0.25, 0.3) is 5.60 Å². The number of hydrogen-bond acceptors (Lipinski definition) is 5. The van der Waals surface area contributed by atoms with Crippen molar-refractivity contribution in [3.63, 3.8) is 0 Å². The number of ether oxygens (including phenoxy) is 2. The number of oxime groups is 1. The molecule has 1 aliphatic rings. The maximum absolute atomic E-state index is 11.6. The third kappa shape index (κ3) is 1.59. The van der Waals surface area contributed by atoms with Gasteiger partial charge in [0.05, 0.1) is 12.3 Å². The summed E-state index contributed by atoms with van der Waals surface area (Å²) in [5.74, 6) is -0.451. The summed E-state index contributed by atoms with van der Waals surface area (Å²) in [5, 5.41) is 3.74. The molecule has 2 atom stereocenters. The van der Waals surface area contributed by atoms with Crippen molar-refractivity contribution in [2.24, 2.45) is 5.16 Å². The molecule has 1 rings (SSSR count). The van der Waals surface area contributed by atoms with E-state index >= 15 is 0 Å². The molecule has 0 spiro atoms. The second kappa shape index (κ2) is 3.96. The molecule has 5 heteroatoms. The van der Waals surface area contributed by atoms with Crippen LogP contribution >= 0.6 is 0 Å². The van der Waals surface area contributed by atoms with Crippen LogP contribution in [0.15, 0.2) is 5.16 Å². The molecule has 80 valence electrons. The minimum atomic E-state index is -1.14. The van der Waals surface area contributed by atoms with Gasteiger partial charge < -0.3 is 14.3 Å². The van der Waals surface area contributed by atoms with Crippen molar-refractivity contribution >= 4 is 11.7 Å². The second-order valence-corrected chi connectivity index (χ2v) is 3.27. The zero-order valence-corrected chi connectivity index (χ0v) is 8.86. The van der Waals surface area contributed by atoms with Gasteiger partial charge in [0.15, 0.2) is 6.10 Å². The maximum Gasteiger partial charge on any atom is 0.356 e. The van der Waals surface area contributed by atoms with E-state index in [4.69, 9.17) is 14.3 Å². The van der Waals surface area contributed by atoms with Crippen LogP contribution in [0.3, 0.4) is 0 Å². The molecule has 0 aromatic carbocycles. The molecule has 0 amide bonds. The second-order valence-electron chi connectivity index (χ2n) is 3.27. The van der Waals surface area contributed by atoms with Gasteiger partial charge in [-0.2, -0.15) is 0 Å². The number of carbonyl (C=O) groups excluding carboxylic acids is 1. The van der Waals surface area contributed by atoms with Crippen molar-refractivity contribution in [1.29, 1.82) is 0 Å². The summed E-state index contributed by atoms with van der Waals surface area (Å²) in [6.45, 7) is 5.41. The van der Waals surface area contributed by atoms with Crippen LogP contribution in [0.2, 0.25) is 0 Å². The number of methoxy groups -OCH3 is 1. The Morgan fingerprint density at radius 2 is 2.36 bits per heavy atom. The van der Waals surface area contributed by atoms with Gasteiger partial charge in [-0.1, -0.05) is 5.16 Å². The first kappa shape index (κ1) is 11.0. The Kier molecular flexibility index (Phi) is 3.10. The van der Waals surface area contributed by atoms with E-state index in [1.807, 2.05) is 0 Å². The van der Waals surface area contributed by atoms with E-state index in [2.05, 4.69) is 5.16 Å².